The summed E-state index contributed by atoms with van der Waals surface area (Å²) in [7, 11) is 0. The maximum absolute atomic E-state index is 10.5. The van der Waals surface area contributed by atoms with Gasteiger partial charge in [0.15, 0.2) is 0 Å². The van der Waals surface area contributed by atoms with Crippen molar-refractivity contribution in [1.29, 1.82) is 0 Å². The van der Waals surface area contributed by atoms with Gasteiger partial charge >= 0.3 is 0 Å². The fourth-order valence-electron chi connectivity index (χ4n) is 2.29. The summed E-state index contributed by atoms with van der Waals surface area (Å²) in [6.07, 6.45) is 0.948. The lowest BCUT2D eigenvalue weighted by Gasteiger charge is -2.42. The quantitative estimate of drug-likeness (QED) is 0.691. The van der Waals surface area contributed by atoms with Crippen molar-refractivity contribution in [2.75, 3.05) is 6.54 Å². The molecule has 0 bridgehead atoms. The van der Waals surface area contributed by atoms with E-state index in [1.807, 2.05) is 0 Å². The van der Waals surface area contributed by atoms with Crippen molar-refractivity contribution < 1.29 is 5.11 Å². The molecule has 0 rings (SSSR count). The lowest BCUT2D eigenvalue weighted by atomic mass is 9.70. The van der Waals surface area contributed by atoms with Crippen molar-refractivity contribution in [3.8, 4) is 0 Å². The Morgan fingerprint density at radius 3 is 1.62 bits per heavy atom. The molecular formula is C11H25NO. The molecule has 0 fully saturated rings. The van der Waals surface area contributed by atoms with Crippen LogP contribution in [0.3, 0.4) is 0 Å². The number of aliphatic hydroxyl groups is 1. The van der Waals surface area contributed by atoms with E-state index in [0.717, 1.165) is 6.42 Å². The SMILES string of the molecule is CCC(CN)C(O)(C(C)C)C(C)C. The van der Waals surface area contributed by atoms with Gasteiger partial charge in [-0.25, -0.2) is 0 Å². The number of hydrogen-bond acceptors (Lipinski definition) is 2. The second kappa shape index (κ2) is 4.97. The molecule has 0 aliphatic rings. The zero-order chi connectivity index (χ0) is 10.6. The summed E-state index contributed by atoms with van der Waals surface area (Å²) >= 11 is 0. The molecule has 3 N–H and O–H groups in total. The average Bonchev–Trinajstić information content (AvgIpc) is 2.05. The Bertz CT molecular complexity index is 131. The number of nitrogens with two attached hydrogens (primary N) is 1. The van der Waals surface area contributed by atoms with E-state index in [-0.39, 0.29) is 17.8 Å². The number of hydrogen-bond donors (Lipinski definition) is 2. The van der Waals surface area contributed by atoms with Crippen LogP contribution in [0.2, 0.25) is 0 Å². The van der Waals surface area contributed by atoms with Gasteiger partial charge in [-0.3, -0.25) is 0 Å². The molecule has 0 heterocycles. The van der Waals surface area contributed by atoms with Gasteiger partial charge in [-0.2, -0.15) is 0 Å². The summed E-state index contributed by atoms with van der Waals surface area (Å²) in [4.78, 5) is 0. The Balaban J connectivity index is 4.75. The first-order valence-corrected chi connectivity index (χ1v) is 5.33. The van der Waals surface area contributed by atoms with Gasteiger partial charge in [0.1, 0.15) is 0 Å². The summed E-state index contributed by atoms with van der Waals surface area (Å²) < 4.78 is 0. The van der Waals surface area contributed by atoms with Crippen molar-refractivity contribution in [2.24, 2.45) is 23.5 Å². The topological polar surface area (TPSA) is 46.2 Å². The molecule has 0 aliphatic carbocycles. The lowest BCUT2D eigenvalue weighted by Crippen LogP contribution is -2.50. The van der Waals surface area contributed by atoms with E-state index in [9.17, 15) is 5.11 Å². The molecule has 2 heteroatoms. The molecule has 0 aliphatic heterocycles. The van der Waals surface area contributed by atoms with Crippen molar-refractivity contribution in [2.45, 2.75) is 46.6 Å². The molecule has 0 amide bonds. The van der Waals surface area contributed by atoms with Crippen LogP contribution >= 0.6 is 0 Å². The van der Waals surface area contributed by atoms with Gasteiger partial charge < -0.3 is 10.8 Å². The average molecular weight is 187 g/mol. The van der Waals surface area contributed by atoms with Gasteiger partial charge in [0, 0.05) is 5.92 Å². The molecule has 0 aromatic rings. The van der Waals surface area contributed by atoms with Crippen molar-refractivity contribution >= 4 is 0 Å². The van der Waals surface area contributed by atoms with Crippen LogP contribution in [0.4, 0.5) is 0 Å². The van der Waals surface area contributed by atoms with Crippen LogP contribution in [0.15, 0.2) is 0 Å². The summed E-state index contributed by atoms with van der Waals surface area (Å²) in [6.45, 7) is 10.9. The molecule has 80 valence electrons. The Morgan fingerprint density at radius 2 is 1.54 bits per heavy atom. The highest BCUT2D eigenvalue weighted by atomic mass is 16.3. The number of rotatable bonds is 5. The van der Waals surface area contributed by atoms with E-state index < -0.39 is 5.60 Å². The largest absolute Gasteiger partial charge is 0.389 e. The van der Waals surface area contributed by atoms with Gasteiger partial charge in [-0.1, -0.05) is 34.6 Å². The first-order valence-electron chi connectivity index (χ1n) is 5.33. The monoisotopic (exact) mass is 187 g/mol. The Hall–Kier alpha value is -0.0800. The highest BCUT2D eigenvalue weighted by Crippen LogP contribution is 2.34. The maximum atomic E-state index is 10.5. The summed E-state index contributed by atoms with van der Waals surface area (Å²) in [5, 5.41) is 10.5. The van der Waals surface area contributed by atoms with Crippen molar-refractivity contribution in [1.82, 2.24) is 0 Å². The highest BCUT2D eigenvalue weighted by molar-refractivity contribution is 4.91. The van der Waals surface area contributed by atoms with Crippen molar-refractivity contribution in [3.63, 3.8) is 0 Å². The van der Waals surface area contributed by atoms with Crippen LogP contribution in [0, 0.1) is 17.8 Å². The molecule has 0 aromatic carbocycles. The van der Waals surface area contributed by atoms with Crippen LogP contribution in [0.25, 0.3) is 0 Å². The molecule has 0 saturated heterocycles. The van der Waals surface area contributed by atoms with Gasteiger partial charge in [0.05, 0.1) is 5.60 Å². The predicted octanol–water partition coefficient (Wildman–Crippen LogP) is 2.01. The minimum atomic E-state index is -0.608. The zero-order valence-corrected chi connectivity index (χ0v) is 9.67. The normalized spacial score (nSPS) is 15.5. The second-order valence-electron chi connectivity index (χ2n) is 4.54. The van der Waals surface area contributed by atoms with E-state index in [2.05, 4.69) is 34.6 Å². The molecule has 1 unspecified atom stereocenters. The van der Waals surface area contributed by atoms with E-state index in [1.165, 1.54) is 0 Å². The first-order chi connectivity index (χ1) is 5.91. The minimum Gasteiger partial charge on any atom is -0.389 e. The summed E-state index contributed by atoms with van der Waals surface area (Å²) in [6, 6.07) is 0. The maximum Gasteiger partial charge on any atom is 0.0733 e. The fraction of sp³-hybridized carbons (Fsp3) is 1.00. The Kier molecular flexibility index (Phi) is 4.93. The van der Waals surface area contributed by atoms with Crippen LogP contribution in [0.1, 0.15) is 41.0 Å². The lowest BCUT2D eigenvalue weighted by molar-refractivity contribution is -0.0941. The van der Waals surface area contributed by atoms with E-state index >= 15 is 0 Å². The molecule has 0 spiro atoms. The van der Waals surface area contributed by atoms with Gasteiger partial charge in [0.2, 0.25) is 0 Å². The van der Waals surface area contributed by atoms with Crippen molar-refractivity contribution in [3.05, 3.63) is 0 Å². The smallest absolute Gasteiger partial charge is 0.0733 e. The Morgan fingerprint density at radius 1 is 1.15 bits per heavy atom. The van der Waals surface area contributed by atoms with Gasteiger partial charge in [0.25, 0.3) is 0 Å². The van der Waals surface area contributed by atoms with E-state index in [4.69, 9.17) is 5.73 Å². The molecular weight excluding hydrogens is 162 g/mol. The third kappa shape index (κ3) is 2.44. The molecule has 0 radical (unpaired) electrons. The predicted molar refractivity (Wildman–Crippen MR) is 57.5 cm³/mol. The molecule has 0 saturated carbocycles. The van der Waals surface area contributed by atoms with Gasteiger partial charge in [-0.15, -0.1) is 0 Å². The molecule has 2 nitrogen and oxygen atoms in total. The zero-order valence-electron chi connectivity index (χ0n) is 9.67. The van der Waals surface area contributed by atoms with Crippen LogP contribution < -0.4 is 5.73 Å². The van der Waals surface area contributed by atoms with Crippen LogP contribution in [-0.4, -0.2) is 17.3 Å². The molecule has 13 heavy (non-hydrogen) atoms. The van der Waals surface area contributed by atoms with Gasteiger partial charge in [-0.05, 0) is 24.8 Å². The standard InChI is InChI=1S/C11H25NO/c1-6-10(7-12)11(13,8(2)3)9(4)5/h8-10,13H,6-7,12H2,1-5H3. The highest BCUT2D eigenvalue weighted by Gasteiger charge is 2.40. The molecule has 0 aromatic heterocycles. The van der Waals surface area contributed by atoms with E-state index in [0.29, 0.717) is 6.54 Å². The molecule has 1 atom stereocenters. The third-order valence-electron chi connectivity index (χ3n) is 3.28. The fourth-order valence-corrected chi connectivity index (χ4v) is 2.29. The summed E-state index contributed by atoms with van der Waals surface area (Å²) in [5.41, 5.74) is 5.08. The second-order valence-corrected chi connectivity index (χ2v) is 4.54. The van der Waals surface area contributed by atoms with Crippen LogP contribution in [0.5, 0.6) is 0 Å². The van der Waals surface area contributed by atoms with E-state index in [1.54, 1.807) is 0 Å². The third-order valence-corrected chi connectivity index (χ3v) is 3.28. The minimum absolute atomic E-state index is 0.215. The first kappa shape index (κ1) is 12.9. The van der Waals surface area contributed by atoms with Crippen LogP contribution in [-0.2, 0) is 0 Å². The summed E-state index contributed by atoms with van der Waals surface area (Å²) in [5.74, 6) is 0.745. The Labute approximate surface area is 82.5 Å².